The van der Waals surface area contributed by atoms with Crippen molar-refractivity contribution in [3.05, 3.63) is 27.7 Å². The van der Waals surface area contributed by atoms with Crippen LogP contribution in [0.4, 0.5) is 0 Å². The van der Waals surface area contributed by atoms with Gasteiger partial charge in [0.05, 0.1) is 16.3 Å². The fraction of sp³-hybridized carbons (Fsp3) is 0.286. The largest absolute Gasteiger partial charge is 0.270 e. The molecule has 2 aromatic heterocycles. The highest BCUT2D eigenvalue weighted by Crippen LogP contribution is 2.24. The smallest absolute Gasteiger partial charge is 0.102 e. The third kappa shape index (κ3) is 1.80. The van der Waals surface area contributed by atoms with E-state index in [2.05, 4.69) is 19.4 Å². The Hall–Kier alpha value is -0.890. The Morgan fingerprint density at radius 1 is 1.57 bits per heavy atom. The molecule has 2 heterocycles. The molecule has 14 heavy (non-hydrogen) atoms. The van der Waals surface area contributed by atoms with Gasteiger partial charge in [0.1, 0.15) is 6.04 Å². The minimum atomic E-state index is -0.0973. The van der Waals surface area contributed by atoms with Crippen molar-refractivity contribution in [1.82, 2.24) is 19.4 Å². The highest BCUT2D eigenvalue weighted by molar-refractivity contribution is 7.06. The van der Waals surface area contributed by atoms with E-state index in [9.17, 15) is 0 Å². The molecule has 0 saturated heterocycles. The Morgan fingerprint density at radius 2 is 2.43 bits per heavy atom. The molecule has 0 amide bonds. The molecular formula is C7H9N5S2. The summed E-state index contributed by atoms with van der Waals surface area (Å²) in [4.78, 5) is 1.05. The number of rotatable bonds is 3. The summed E-state index contributed by atoms with van der Waals surface area (Å²) < 4.78 is 8.00. The summed E-state index contributed by atoms with van der Waals surface area (Å²) in [6.45, 7) is 1.95. The Labute approximate surface area is 89.3 Å². The van der Waals surface area contributed by atoms with E-state index in [1.165, 1.54) is 23.1 Å². The fourth-order valence-corrected chi connectivity index (χ4v) is 2.43. The lowest BCUT2D eigenvalue weighted by atomic mass is 10.2. The maximum absolute atomic E-state index is 5.47. The first-order valence-electron chi connectivity index (χ1n) is 3.97. The Bertz CT molecular complexity index is 396. The lowest BCUT2D eigenvalue weighted by molar-refractivity contribution is 0.627. The predicted molar refractivity (Wildman–Crippen MR) is 55.9 cm³/mol. The van der Waals surface area contributed by atoms with Gasteiger partial charge in [0.25, 0.3) is 0 Å². The lowest BCUT2D eigenvalue weighted by Gasteiger charge is -2.08. The summed E-state index contributed by atoms with van der Waals surface area (Å²) in [7, 11) is 0. The van der Waals surface area contributed by atoms with Crippen molar-refractivity contribution in [3.63, 3.8) is 0 Å². The quantitative estimate of drug-likeness (QED) is 0.600. The van der Waals surface area contributed by atoms with E-state index in [1.54, 1.807) is 0 Å². The molecule has 0 radical (unpaired) electrons. The molecule has 1 atom stereocenters. The van der Waals surface area contributed by atoms with Crippen LogP contribution in [0.2, 0.25) is 0 Å². The zero-order chi connectivity index (χ0) is 9.97. The number of nitrogens with one attached hydrogen (secondary N) is 1. The highest BCUT2D eigenvalue weighted by Gasteiger charge is 2.17. The van der Waals surface area contributed by atoms with E-state index < -0.39 is 0 Å². The first-order valence-corrected chi connectivity index (χ1v) is 5.58. The van der Waals surface area contributed by atoms with Crippen molar-refractivity contribution in [2.45, 2.75) is 13.0 Å². The second-order valence-corrected chi connectivity index (χ2v) is 4.25. The monoisotopic (exact) mass is 227 g/mol. The summed E-state index contributed by atoms with van der Waals surface area (Å²) in [5, 5.41) is 5.85. The summed E-state index contributed by atoms with van der Waals surface area (Å²) in [6, 6.07) is 1.90. The van der Waals surface area contributed by atoms with E-state index in [4.69, 9.17) is 5.84 Å². The standard InChI is InChI=1S/C7H9N5S2/c1-4-2-6(14-11-4)7(9-8)5-3-13-12-10-5/h2-3,7,9H,8H2,1H3. The fourth-order valence-electron chi connectivity index (χ4n) is 1.13. The third-order valence-electron chi connectivity index (χ3n) is 1.77. The van der Waals surface area contributed by atoms with Crippen LogP contribution in [-0.2, 0) is 0 Å². The topological polar surface area (TPSA) is 76.7 Å². The van der Waals surface area contributed by atoms with Gasteiger partial charge in [-0.25, -0.2) is 5.43 Å². The molecule has 5 nitrogen and oxygen atoms in total. The molecule has 0 aliphatic heterocycles. The molecule has 0 fully saturated rings. The van der Waals surface area contributed by atoms with E-state index in [0.717, 1.165) is 16.3 Å². The van der Waals surface area contributed by atoms with Crippen molar-refractivity contribution in [2.75, 3.05) is 0 Å². The number of aryl methyl sites for hydroxylation is 1. The van der Waals surface area contributed by atoms with Crippen molar-refractivity contribution in [1.29, 1.82) is 0 Å². The van der Waals surface area contributed by atoms with E-state index in [-0.39, 0.29) is 6.04 Å². The number of hydrazine groups is 1. The van der Waals surface area contributed by atoms with Gasteiger partial charge in [0.2, 0.25) is 0 Å². The zero-order valence-electron chi connectivity index (χ0n) is 7.47. The molecule has 3 N–H and O–H groups in total. The summed E-state index contributed by atoms with van der Waals surface area (Å²) in [6.07, 6.45) is 0. The molecule has 0 spiro atoms. The van der Waals surface area contributed by atoms with E-state index in [1.807, 2.05) is 18.4 Å². The van der Waals surface area contributed by atoms with Crippen molar-refractivity contribution >= 4 is 23.1 Å². The van der Waals surface area contributed by atoms with Crippen LogP contribution >= 0.6 is 23.1 Å². The van der Waals surface area contributed by atoms with Gasteiger partial charge < -0.3 is 0 Å². The second-order valence-electron chi connectivity index (χ2n) is 2.80. The molecule has 0 aliphatic carbocycles. The van der Waals surface area contributed by atoms with E-state index >= 15 is 0 Å². The van der Waals surface area contributed by atoms with Gasteiger partial charge in [-0.15, -0.1) is 5.10 Å². The molecule has 2 aromatic rings. The van der Waals surface area contributed by atoms with Gasteiger partial charge in [-0.2, -0.15) is 4.37 Å². The summed E-state index contributed by atoms with van der Waals surface area (Å²) >= 11 is 2.74. The normalized spacial score (nSPS) is 13.0. The molecule has 2 rings (SSSR count). The minimum Gasteiger partial charge on any atom is -0.270 e. The maximum Gasteiger partial charge on any atom is 0.102 e. The molecule has 0 saturated carbocycles. The number of hydrogen-bond donors (Lipinski definition) is 2. The number of aromatic nitrogens is 3. The van der Waals surface area contributed by atoms with Crippen molar-refractivity contribution < 1.29 is 0 Å². The maximum atomic E-state index is 5.47. The van der Waals surface area contributed by atoms with Gasteiger partial charge in [0, 0.05) is 5.38 Å². The Balaban J connectivity index is 2.31. The first-order chi connectivity index (χ1) is 6.81. The van der Waals surface area contributed by atoms with Gasteiger partial charge in [-0.3, -0.25) is 5.84 Å². The SMILES string of the molecule is Cc1cc(C(NN)c2csnn2)sn1. The average molecular weight is 227 g/mol. The number of nitrogens with two attached hydrogens (primary N) is 1. The van der Waals surface area contributed by atoms with Crippen molar-refractivity contribution in [3.8, 4) is 0 Å². The van der Waals surface area contributed by atoms with Gasteiger partial charge in [-0.1, -0.05) is 4.49 Å². The van der Waals surface area contributed by atoms with Crippen LogP contribution in [0.25, 0.3) is 0 Å². The molecule has 0 bridgehead atoms. The van der Waals surface area contributed by atoms with Crippen LogP contribution in [0.1, 0.15) is 22.3 Å². The van der Waals surface area contributed by atoms with Crippen LogP contribution in [-0.4, -0.2) is 14.0 Å². The molecule has 74 valence electrons. The molecule has 0 aliphatic rings. The van der Waals surface area contributed by atoms with Gasteiger partial charge >= 0.3 is 0 Å². The van der Waals surface area contributed by atoms with Crippen LogP contribution in [0.3, 0.4) is 0 Å². The lowest BCUT2D eigenvalue weighted by Crippen LogP contribution is -2.28. The predicted octanol–water partition coefficient (Wildman–Crippen LogP) is 0.856. The Morgan fingerprint density at radius 3 is 2.93 bits per heavy atom. The molecule has 7 heteroatoms. The summed E-state index contributed by atoms with van der Waals surface area (Å²) in [5.41, 5.74) is 4.54. The summed E-state index contributed by atoms with van der Waals surface area (Å²) in [5.74, 6) is 5.47. The Kier molecular flexibility index (Phi) is 2.82. The van der Waals surface area contributed by atoms with Gasteiger partial charge in [0.15, 0.2) is 0 Å². The molecular weight excluding hydrogens is 218 g/mol. The minimum absolute atomic E-state index is 0.0973. The first kappa shape index (κ1) is 9.66. The molecule has 1 unspecified atom stereocenters. The third-order valence-corrected chi connectivity index (χ3v) is 3.24. The van der Waals surface area contributed by atoms with Crippen LogP contribution < -0.4 is 11.3 Å². The van der Waals surface area contributed by atoms with Gasteiger partial charge in [-0.05, 0) is 36.1 Å². The molecule has 0 aromatic carbocycles. The van der Waals surface area contributed by atoms with E-state index in [0.29, 0.717) is 0 Å². The van der Waals surface area contributed by atoms with Crippen LogP contribution in [0, 0.1) is 6.92 Å². The number of nitrogens with zero attached hydrogens (tertiary/aromatic N) is 3. The second kappa shape index (κ2) is 4.09. The average Bonchev–Trinajstić information content (AvgIpc) is 2.79. The van der Waals surface area contributed by atoms with Crippen LogP contribution in [0.15, 0.2) is 11.4 Å². The number of hydrogen-bond acceptors (Lipinski definition) is 7. The highest BCUT2D eigenvalue weighted by atomic mass is 32.1. The zero-order valence-corrected chi connectivity index (χ0v) is 9.10. The van der Waals surface area contributed by atoms with Crippen LogP contribution in [0.5, 0.6) is 0 Å². The van der Waals surface area contributed by atoms with Crippen molar-refractivity contribution in [2.24, 2.45) is 5.84 Å².